The normalized spacial score (nSPS) is 17.1. The number of aryl methyl sites for hydroxylation is 2. The second-order valence-electron chi connectivity index (χ2n) is 7.38. The molecule has 3 heterocycles. The van der Waals surface area contributed by atoms with E-state index < -0.39 is 0 Å². The smallest absolute Gasteiger partial charge is 0.135 e. The van der Waals surface area contributed by atoms with Crippen molar-refractivity contribution in [3.05, 3.63) is 35.3 Å². The highest BCUT2D eigenvalue weighted by Crippen LogP contribution is 2.30. The number of hydrogen-bond donors (Lipinski definition) is 0. The Morgan fingerprint density at radius 3 is 2.23 bits per heavy atom. The summed E-state index contributed by atoms with van der Waals surface area (Å²) in [5, 5.41) is 4.98. The van der Waals surface area contributed by atoms with E-state index in [-0.39, 0.29) is 5.41 Å². The van der Waals surface area contributed by atoms with Gasteiger partial charge in [-0.15, -0.1) is 0 Å². The summed E-state index contributed by atoms with van der Waals surface area (Å²) >= 11 is 0. The summed E-state index contributed by atoms with van der Waals surface area (Å²) in [7, 11) is 0. The zero-order valence-electron chi connectivity index (χ0n) is 14.4. The minimum Gasteiger partial charge on any atom is -0.381 e. The molecule has 2 aromatic heterocycles. The monoisotopic (exact) mass is 301 g/mol. The number of aromatic nitrogens is 3. The summed E-state index contributed by atoms with van der Waals surface area (Å²) in [6, 6.07) is 7.04. The quantitative estimate of drug-likeness (QED) is 0.841. The third-order valence-electron chi connectivity index (χ3n) is 4.52. The Kier molecular flexibility index (Phi) is 3.89. The summed E-state index contributed by atoms with van der Waals surface area (Å²) in [5.74, 6) is 1.19. The predicted molar refractivity (Wildman–Crippen MR) is 88.8 cm³/mol. The Labute approximate surface area is 133 Å². The molecule has 0 radical (unpaired) electrons. The fourth-order valence-electron chi connectivity index (χ4n) is 3.15. The van der Waals surface area contributed by atoms with Gasteiger partial charge in [-0.3, -0.25) is 0 Å². The largest absolute Gasteiger partial charge is 0.381 e. The number of ether oxygens (including phenoxy) is 1. The van der Waals surface area contributed by atoms with E-state index in [4.69, 9.17) is 9.84 Å². The molecule has 1 saturated heterocycles. The van der Waals surface area contributed by atoms with Gasteiger partial charge in [-0.25, -0.2) is 4.68 Å². The summed E-state index contributed by atoms with van der Waals surface area (Å²) < 4.78 is 10.1. The van der Waals surface area contributed by atoms with Gasteiger partial charge >= 0.3 is 0 Å². The molecule has 0 N–H and O–H groups in total. The van der Waals surface area contributed by atoms with Gasteiger partial charge in [0.15, 0.2) is 0 Å². The first-order valence-corrected chi connectivity index (χ1v) is 8.21. The SMILES string of the molecule is Cc1ccc(C)n1-c1cc(C(C)(C)C)nn1C1CCOCC1. The van der Waals surface area contributed by atoms with Gasteiger partial charge in [0, 0.05) is 36.1 Å². The van der Waals surface area contributed by atoms with Crippen molar-refractivity contribution >= 4 is 0 Å². The molecule has 1 aliphatic rings. The fourth-order valence-corrected chi connectivity index (χ4v) is 3.15. The van der Waals surface area contributed by atoms with E-state index in [1.165, 1.54) is 17.2 Å². The molecule has 22 heavy (non-hydrogen) atoms. The van der Waals surface area contributed by atoms with Gasteiger partial charge in [0.05, 0.1) is 11.7 Å². The molecule has 3 rings (SSSR count). The van der Waals surface area contributed by atoms with Gasteiger partial charge in [0.2, 0.25) is 0 Å². The Hall–Kier alpha value is -1.55. The van der Waals surface area contributed by atoms with E-state index in [0.29, 0.717) is 6.04 Å². The molecule has 4 heteroatoms. The molecule has 0 aliphatic carbocycles. The van der Waals surface area contributed by atoms with E-state index in [0.717, 1.165) is 31.7 Å². The van der Waals surface area contributed by atoms with E-state index in [1.807, 2.05) is 0 Å². The van der Waals surface area contributed by atoms with Gasteiger partial charge in [0.1, 0.15) is 5.82 Å². The van der Waals surface area contributed by atoms with Gasteiger partial charge in [-0.2, -0.15) is 5.10 Å². The molecule has 0 unspecified atom stereocenters. The van der Waals surface area contributed by atoms with Gasteiger partial charge in [-0.1, -0.05) is 20.8 Å². The van der Waals surface area contributed by atoms with Crippen LogP contribution in [0.5, 0.6) is 0 Å². The van der Waals surface area contributed by atoms with Crippen molar-refractivity contribution in [3.8, 4) is 5.82 Å². The maximum absolute atomic E-state index is 5.53. The Morgan fingerprint density at radius 1 is 1.09 bits per heavy atom. The maximum atomic E-state index is 5.53. The van der Waals surface area contributed by atoms with E-state index in [2.05, 4.69) is 62.1 Å². The molecule has 0 saturated carbocycles. The molecule has 1 aliphatic heterocycles. The summed E-state index contributed by atoms with van der Waals surface area (Å²) in [6.07, 6.45) is 2.08. The highest BCUT2D eigenvalue weighted by Gasteiger charge is 2.26. The van der Waals surface area contributed by atoms with Crippen molar-refractivity contribution in [3.63, 3.8) is 0 Å². The number of rotatable bonds is 2. The molecule has 2 aromatic rings. The highest BCUT2D eigenvalue weighted by atomic mass is 16.5. The minimum atomic E-state index is 0.0557. The molecule has 1 fully saturated rings. The maximum Gasteiger partial charge on any atom is 0.135 e. The van der Waals surface area contributed by atoms with E-state index in [1.54, 1.807) is 0 Å². The van der Waals surface area contributed by atoms with Gasteiger partial charge in [-0.05, 0) is 38.8 Å². The molecular weight excluding hydrogens is 274 g/mol. The van der Waals surface area contributed by atoms with Crippen LogP contribution >= 0.6 is 0 Å². The van der Waals surface area contributed by atoms with Crippen molar-refractivity contribution in [2.45, 2.75) is 58.9 Å². The van der Waals surface area contributed by atoms with Crippen molar-refractivity contribution < 1.29 is 4.74 Å². The zero-order chi connectivity index (χ0) is 15.9. The van der Waals surface area contributed by atoms with Crippen molar-refractivity contribution in [1.82, 2.24) is 14.3 Å². The van der Waals surface area contributed by atoms with Crippen LogP contribution in [0.2, 0.25) is 0 Å². The molecule has 0 amide bonds. The van der Waals surface area contributed by atoms with Crippen LogP contribution in [-0.4, -0.2) is 27.6 Å². The second kappa shape index (κ2) is 5.58. The Morgan fingerprint density at radius 2 is 1.68 bits per heavy atom. The average molecular weight is 301 g/mol. The summed E-state index contributed by atoms with van der Waals surface area (Å²) in [5.41, 5.74) is 3.72. The lowest BCUT2D eigenvalue weighted by Gasteiger charge is -2.25. The molecule has 0 spiro atoms. The average Bonchev–Trinajstić information content (AvgIpc) is 3.03. The summed E-state index contributed by atoms with van der Waals surface area (Å²) in [6.45, 7) is 12.7. The molecule has 120 valence electrons. The lowest BCUT2D eigenvalue weighted by Crippen LogP contribution is -2.23. The van der Waals surface area contributed by atoms with Crippen LogP contribution in [0.1, 0.15) is 56.7 Å². The van der Waals surface area contributed by atoms with E-state index in [9.17, 15) is 0 Å². The standard InChI is InChI=1S/C18H27N3O/c1-13-6-7-14(2)20(13)17-12-16(18(3,4)5)19-21(17)15-8-10-22-11-9-15/h6-7,12,15H,8-11H2,1-5H3. The number of hydrogen-bond acceptors (Lipinski definition) is 2. The first-order chi connectivity index (χ1) is 10.4. The molecule has 0 atom stereocenters. The van der Waals surface area contributed by atoms with Crippen LogP contribution < -0.4 is 0 Å². The van der Waals surface area contributed by atoms with Crippen LogP contribution in [0.15, 0.2) is 18.2 Å². The molecule has 0 bridgehead atoms. The molecule has 0 aromatic carbocycles. The first kappa shape index (κ1) is 15.3. The first-order valence-electron chi connectivity index (χ1n) is 8.21. The van der Waals surface area contributed by atoms with Crippen LogP contribution in [0, 0.1) is 13.8 Å². The predicted octanol–water partition coefficient (Wildman–Crippen LogP) is 3.94. The van der Waals surface area contributed by atoms with Crippen LogP contribution in [0.3, 0.4) is 0 Å². The third kappa shape index (κ3) is 2.72. The fraction of sp³-hybridized carbons (Fsp3) is 0.611. The van der Waals surface area contributed by atoms with Crippen molar-refractivity contribution in [2.24, 2.45) is 0 Å². The molecular formula is C18H27N3O. The number of nitrogens with zero attached hydrogens (tertiary/aromatic N) is 3. The Balaban J connectivity index is 2.12. The lowest BCUT2D eigenvalue weighted by atomic mass is 9.92. The van der Waals surface area contributed by atoms with Crippen LogP contribution in [0.4, 0.5) is 0 Å². The second-order valence-corrected chi connectivity index (χ2v) is 7.38. The third-order valence-corrected chi connectivity index (χ3v) is 4.52. The molecule has 4 nitrogen and oxygen atoms in total. The minimum absolute atomic E-state index is 0.0557. The van der Waals surface area contributed by atoms with Crippen LogP contribution in [0.25, 0.3) is 5.82 Å². The lowest BCUT2D eigenvalue weighted by molar-refractivity contribution is 0.0659. The highest BCUT2D eigenvalue weighted by molar-refractivity contribution is 5.35. The van der Waals surface area contributed by atoms with E-state index >= 15 is 0 Å². The van der Waals surface area contributed by atoms with Gasteiger partial charge < -0.3 is 9.30 Å². The van der Waals surface area contributed by atoms with Crippen molar-refractivity contribution in [1.29, 1.82) is 0 Å². The van der Waals surface area contributed by atoms with Gasteiger partial charge in [0.25, 0.3) is 0 Å². The summed E-state index contributed by atoms with van der Waals surface area (Å²) in [4.78, 5) is 0. The topological polar surface area (TPSA) is 32.0 Å². The zero-order valence-corrected chi connectivity index (χ0v) is 14.4. The van der Waals surface area contributed by atoms with Crippen LogP contribution in [-0.2, 0) is 10.2 Å². The van der Waals surface area contributed by atoms with Crippen molar-refractivity contribution in [2.75, 3.05) is 13.2 Å². The Bertz CT molecular complexity index is 635.